The van der Waals surface area contributed by atoms with E-state index in [1.165, 1.54) is 0 Å². The van der Waals surface area contributed by atoms with E-state index in [0.29, 0.717) is 44.8 Å². The molecule has 1 fully saturated rings. The number of carbonyl (C=O) groups is 1. The predicted octanol–water partition coefficient (Wildman–Crippen LogP) is 6.84. The van der Waals surface area contributed by atoms with Gasteiger partial charge < -0.3 is 23.7 Å². The maximum atomic E-state index is 14.5. The monoisotopic (exact) mass is 546 g/mol. The number of unbranched alkanes of at least 4 members (excludes halogenated alkanes) is 1. The van der Waals surface area contributed by atoms with Crippen molar-refractivity contribution in [2.45, 2.75) is 70.7 Å². The van der Waals surface area contributed by atoms with Gasteiger partial charge >= 0.3 is 12.1 Å². The molecule has 210 valence electrons. The van der Waals surface area contributed by atoms with Gasteiger partial charge in [-0.3, -0.25) is 0 Å². The maximum absolute atomic E-state index is 14.5. The van der Waals surface area contributed by atoms with Gasteiger partial charge in [-0.2, -0.15) is 17.6 Å². The van der Waals surface area contributed by atoms with Crippen molar-refractivity contribution in [3.63, 3.8) is 0 Å². The van der Waals surface area contributed by atoms with Crippen molar-refractivity contribution in [3.05, 3.63) is 53.3 Å². The van der Waals surface area contributed by atoms with Gasteiger partial charge in [0, 0.05) is 12.7 Å². The van der Waals surface area contributed by atoms with E-state index in [2.05, 4.69) is 4.74 Å². The zero-order valence-electron chi connectivity index (χ0n) is 21.2. The first-order valence-electron chi connectivity index (χ1n) is 12.6. The van der Waals surface area contributed by atoms with E-state index in [-0.39, 0.29) is 24.6 Å². The number of ether oxygens (including phenoxy) is 5. The molecule has 6 nitrogen and oxygen atoms in total. The van der Waals surface area contributed by atoms with Gasteiger partial charge in [0.15, 0.2) is 18.1 Å². The van der Waals surface area contributed by atoms with Crippen LogP contribution >= 0.6 is 0 Å². The van der Waals surface area contributed by atoms with Crippen LogP contribution in [0.25, 0.3) is 0 Å². The van der Waals surface area contributed by atoms with Crippen molar-refractivity contribution in [2.24, 2.45) is 0 Å². The molecule has 0 aromatic heterocycles. The summed E-state index contributed by atoms with van der Waals surface area (Å²) in [5, 5.41) is 0. The van der Waals surface area contributed by atoms with E-state index in [0.717, 1.165) is 30.7 Å². The summed E-state index contributed by atoms with van der Waals surface area (Å²) in [5.41, 5.74) is -0.689. The third-order valence-corrected chi connectivity index (χ3v) is 5.91. The van der Waals surface area contributed by atoms with Crippen LogP contribution in [0.15, 0.2) is 30.3 Å². The Balaban J connectivity index is 1.56. The summed E-state index contributed by atoms with van der Waals surface area (Å²) in [6.07, 6.45) is -0.0323. The van der Waals surface area contributed by atoms with Crippen LogP contribution in [0.1, 0.15) is 62.7 Å². The van der Waals surface area contributed by atoms with E-state index in [1.807, 2.05) is 13.8 Å². The smallest absolute Gasteiger partial charge is 0.421 e. The number of hydrogen-bond donors (Lipinski definition) is 0. The second kappa shape index (κ2) is 13.7. The lowest BCUT2D eigenvalue weighted by Crippen LogP contribution is -2.35. The van der Waals surface area contributed by atoms with Crippen LogP contribution in [0.2, 0.25) is 0 Å². The highest BCUT2D eigenvalue weighted by molar-refractivity contribution is 5.91. The molecule has 0 aliphatic heterocycles. The number of carbonyl (C=O) groups excluding carboxylic acids is 1. The van der Waals surface area contributed by atoms with E-state index >= 15 is 0 Å². The Morgan fingerprint density at radius 2 is 1.55 bits per heavy atom. The van der Waals surface area contributed by atoms with Crippen LogP contribution in [-0.4, -0.2) is 44.1 Å². The summed E-state index contributed by atoms with van der Waals surface area (Å²) in [5.74, 6) is -7.15. The quantitative estimate of drug-likeness (QED) is 0.119. The van der Waals surface area contributed by atoms with Crippen LogP contribution in [0.3, 0.4) is 0 Å². The molecule has 0 bridgehead atoms. The van der Waals surface area contributed by atoms with Gasteiger partial charge in [0.25, 0.3) is 0 Å². The highest BCUT2D eigenvalue weighted by Crippen LogP contribution is 2.30. The minimum Gasteiger partial charge on any atom is -0.490 e. The molecule has 11 heteroatoms. The lowest BCUT2D eigenvalue weighted by atomic mass is 9.95. The summed E-state index contributed by atoms with van der Waals surface area (Å²) in [6.45, 7) is 3.52. The van der Waals surface area contributed by atoms with Crippen molar-refractivity contribution >= 4 is 5.97 Å². The Hall–Kier alpha value is -2.92. The van der Waals surface area contributed by atoms with Crippen molar-refractivity contribution in [1.29, 1.82) is 0 Å². The summed E-state index contributed by atoms with van der Waals surface area (Å²) in [4.78, 5) is 12.3. The number of benzene rings is 2. The van der Waals surface area contributed by atoms with Crippen molar-refractivity contribution in [3.8, 4) is 17.2 Å². The molecule has 0 spiro atoms. The summed E-state index contributed by atoms with van der Waals surface area (Å²) in [7, 11) is 0. The minimum atomic E-state index is -3.76. The Kier molecular flexibility index (Phi) is 10.7. The molecule has 1 aliphatic rings. The summed E-state index contributed by atoms with van der Waals surface area (Å²) >= 11 is 0. The molecule has 2 aromatic carbocycles. The van der Waals surface area contributed by atoms with Crippen LogP contribution < -0.4 is 14.2 Å². The van der Waals surface area contributed by atoms with Gasteiger partial charge in [-0.1, -0.05) is 13.3 Å². The summed E-state index contributed by atoms with van der Waals surface area (Å²) < 4.78 is 96.9. The highest BCUT2D eigenvalue weighted by atomic mass is 19.3. The van der Waals surface area contributed by atoms with E-state index in [4.69, 9.17) is 18.9 Å². The minimum absolute atomic E-state index is 0.101. The van der Waals surface area contributed by atoms with Gasteiger partial charge in [-0.25, -0.2) is 9.18 Å². The first kappa shape index (κ1) is 29.6. The lowest BCUT2D eigenvalue weighted by molar-refractivity contribution is -0.223. The fraction of sp³-hybridized carbons (Fsp3) is 0.519. The SMILES string of the molecule is CCCCOc1ccc(OC(=O)c2ccc(OC(F)(F)COC3CCC(OCC)CC3)cc2F)c(F)c1F. The van der Waals surface area contributed by atoms with Gasteiger partial charge in [-0.05, 0) is 63.3 Å². The van der Waals surface area contributed by atoms with Crippen LogP contribution in [0.5, 0.6) is 17.2 Å². The van der Waals surface area contributed by atoms with Crippen LogP contribution in [-0.2, 0) is 9.47 Å². The summed E-state index contributed by atoms with van der Waals surface area (Å²) in [6, 6.07) is 4.40. The molecule has 1 aliphatic carbocycles. The van der Waals surface area contributed by atoms with Crippen molar-refractivity contribution in [2.75, 3.05) is 19.8 Å². The number of rotatable bonds is 13. The van der Waals surface area contributed by atoms with Gasteiger partial charge in [-0.15, -0.1) is 0 Å². The zero-order chi connectivity index (χ0) is 27.7. The van der Waals surface area contributed by atoms with E-state index in [1.54, 1.807) is 0 Å². The Labute approximate surface area is 218 Å². The molecule has 3 rings (SSSR count). The van der Waals surface area contributed by atoms with Gasteiger partial charge in [0.05, 0.1) is 24.4 Å². The average molecular weight is 547 g/mol. The van der Waals surface area contributed by atoms with Crippen molar-refractivity contribution < 1.29 is 50.4 Å². The Morgan fingerprint density at radius 3 is 2.18 bits per heavy atom. The van der Waals surface area contributed by atoms with E-state index < -0.39 is 53.2 Å². The lowest BCUT2D eigenvalue weighted by Gasteiger charge is -2.29. The fourth-order valence-electron chi connectivity index (χ4n) is 3.93. The molecule has 0 N–H and O–H groups in total. The first-order chi connectivity index (χ1) is 18.1. The molecule has 0 amide bonds. The third-order valence-electron chi connectivity index (χ3n) is 5.91. The van der Waals surface area contributed by atoms with E-state index in [9.17, 15) is 26.7 Å². The van der Waals surface area contributed by atoms with Crippen molar-refractivity contribution in [1.82, 2.24) is 0 Å². The highest BCUT2D eigenvalue weighted by Gasteiger charge is 2.35. The van der Waals surface area contributed by atoms with Gasteiger partial charge in [0.1, 0.15) is 11.6 Å². The molecule has 0 heterocycles. The third kappa shape index (κ3) is 8.29. The normalized spacial score (nSPS) is 17.8. The number of alkyl halides is 2. The zero-order valence-corrected chi connectivity index (χ0v) is 21.2. The van der Waals surface area contributed by atoms with Crippen LogP contribution in [0, 0.1) is 17.5 Å². The standard InChI is InChI=1S/C27H31F5O6/c1-3-5-14-35-22-12-13-23(25(30)24(22)29)37-26(33)20-11-10-19(15-21(20)28)38-27(31,32)16-36-18-8-6-17(7-9-18)34-4-2/h10-13,15,17-18H,3-9,14,16H2,1-2H3. The average Bonchev–Trinajstić information content (AvgIpc) is 2.88. The largest absolute Gasteiger partial charge is 0.490 e. The Morgan fingerprint density at radius 1 is 0.921 bits per heavy atom. The predicted molar refractivity (Wildman–Crippen MR) is 127 cm³/mol. The topological polar surface area (TPSA) is 63.2 Å². The van der Waals surface area contributed by atoms with Gasteiger partial charge in [0.2, 0.25) is 11.6 Å². The molecule has 2 aromatic rings. The number of hydrogen-bond acceptors (Lipinski definition) is 6. The Bertz CT molecular complexity index is 1070. The molecular formula is C27H31F5O6. The molecule has 1 saturated carbocycles. The second-order valence-corrected chi connectivity index (χ2v) is 8.83. The molecule has 0 radical (unpaired) electrons. The molecule has 0 atom stereocenters. The molecule has 0 saturated heterocycles. The molecule has 0 unspecified atom stereocenters. The second-order valence-electron chi connectivity index (χ2n) is 8.83. The molecule has 38 heavy (non-hydrogen) atoms. The first-order valence-corrected chi connectivity index (χ1v) is 12.6. The number of halogens is 5. The molecular weight excluding hydrogens is 515 g/mol. The fourth-order valence-corrected chi connectivity index (χ4v) is 3.93. The van der Waals surface area contributed by atoms with Crippen LogP contribution in [0.4, 0.5) is 22.0 Å². The number of esters is 1. The maximum Gasteiger partial charge on any atom is 0.421 e.